The first-order valence-corrected chi connectivity index (χ1v) is 5.21. The minimum absolute atomic E-state index is 0.195. The maximum Gasteiger partial charge on any atom is 0.404 e. The number of rotatable bonds is 2. The van der Waals surface area contributed by atoms with Crippen LogP contribution in [-0.4, -0.2) is 35.3 Å². The molecular weight excluding hydrogens is 227 g/mol. The normalized spacial score (nSPS) is 19.4. The van der Waals surface area contributed by atoms with E-state index in [0.717, 1.165) is 6.20 Å². The lowest BCUT2D eigenvalue weighted by molar-refractivity contribution is 0.191. The zero-order valence-corrected chi connectivity index (χ0v) is 9.06. The number of hydrogen-bond donors (Lipinski definition) is 3. The van der Waals surface area contributed by atoms with Crippen molar-refractivity contribution in [3.63, 3.8) is 0 Å². The first kappa shape index (κ1) is 11.4. The minimum Gasteiger partial charge on any atom is -0.465 e. The molecule has 0 bridgehead atoms. The van der Waals surface area contributed by atoms with Gasteiger partial charge in [0.25, 0.3) is 0 Å². The number of amides is 1. The molecule has 0 radical (unpaired) electrons. The molecule has 0 spiro atoms. The number of nitrogen functional groups attached to an aromatic ring is 1. The van der Waals surface area contributed by atoms with Crippen LogP contribution < -0.4 is 16.0 Å². The number of aromatic nitrogens is 1. The van der Waals surface area contributed by atoms with Gasteiger partial charge in [0.2, 0.25) is 0 Å². The Morgan fingerprint density at radius 3 is 3.06 bits per heavy atom. The fourth-order valence-electron chi connectivity index (χ4n) is 2.03. The molecule has 4 N–H and O–H groups in total. The Bertz CT molecular complexity index is 420. The van der Waals surface area contributed by atoms with Gasteiger partial charge < -0.3 is 21.1 Å². The average Bonchev–Trinajstić information content (AvgIpc) is 2.65. The first-order valence-electron chi connectivity index (χ1n) is 5.21. The van der Waals surface area contributed by atoms with Gasteiger partial charge in [0.15, 0.2) is 5.82 Å². The van der Waals surface area contributed by atoms with Gasteiger partial charge in [-0.15, -0.1) is 0 Å². The van der Waals surface area contributed by atoms with E-state index in [1.807, 2.05) is 0 Å². The predicted molar refractivity (Wildman–Crippen MR) is 60.4 cm³/mol. The van der Waals surface area contributed by atoms with E-state index in [9.17, 15) is 9.18 Å². The maximum atomic E-state index is 13.6. The summed E-state index contributed by atoms with van der Waals surface area (Å²) in [7, 11) is 0. The first-order chi connectivity index (χ1) is 8.08. The van der Waals surface area contributed by atoms with E-state index in [1.54, 1.807) is 4.90 Å². The Morgan fingerprint density at radius 1 is 1.65 bits per heavy atom. The number of nitrogens with zero attached hydrogens (tertiary/aromatic N) is 2. The van der Waals surface area contributed by atoms with Crippen LogP contribution in [0.4, 0.5) is 20.6 Å². The standard InChI is InChI=1S/C10H13FN4O2/c11-7-3-13-4-8(12)9(7)15-2-1-6(5-15)14-10(16)17/h3-4,6,14H,1-2,5,12H2,(H,16,17). The van der Waals surface area contributed by atoms with Gasteiger partial charge in [-0.3, -0.25) is 4.98 Å². The van der Waals surface area contributed by atoms with Crippen LogP contribution in [0.5, 0.6) is 0 Å². The summed E-state index contributed by atoms with van der Waals surface area (Å²) in [5.74, 6) is -0.485. The van der Waals surface area contributed by atoms with Crippen molar-refractivity contribution in [2.75, 3.05) is 23.7 Å². The molecule has 1 aromatic rings. The predicted octanol–water partition coefficient (Wildman–Crippen LogP) is 0.649. The number of carbonyl (C=O) groups is 1. The summed E-state index contributed by atoms with van der Waals surface area (Å²) in [6, 6.07) is -0.195. The summed E-state index contributed by atoms with van der Waals surface area (Å²) in [5, 5.41) is 11.0. The molecule has 0 saturated carbocycles. The number of halogens is 1. The van der Waals surface area contributed by atoms with Gasteiger partial charge in [0.05, 0.1) is 29.8 Å². The molecule has 7 heteroatoms. The Morgan fingerprint density at radius 2 is 2.41 bits per heavy atom. The van der Waals surface area contributed by atoms with E-state index in [4.69, 9.17) is 10.8 Å². The molecular formula is C10H13FN4O2. The van der Waals surface area contributed by atoms with Crippen LogP contribution in [0.2, 0.25) is 0 Å². The molecule has 1 unspecified atom stereocenters. The topological polar surface area (TPSA) is 91.5 Å². The lowest BCUT2D eigenvalue weighted by atomic mass is 10.3. The summed E-state index contributed by atoms with van der Waals surface area (Å²) in [4.78, 5) is 15.9. The van der Waals surface area contributed by atoms with E-state index in [-0.39, 0.29) is 11.7 Å². The molecule has 92 valence electrons. The molecule has 0 aliphatic carbocycles. The van der Waals surface area contributed by atoms with Gasteiger partial charge in [-0.25, -0.2) is 9.18 Å². The van der Waals surface area contributed by atoms with Crippen molar-refractivity contribution >= 4 is 17.5 Å². The molecule has 2 rings (SSSR count). The van der Waals surface area contributed by atoms with E-state index in [1.165, 1.54) is 6.20 Å². The molecule has 1 atom stereocenters. The van der Waals surface area contributed by atoms with E-state index in [2.05, 4.69) is 10.3 Å². The van der Waals surface area contributed by atoms with Crippen LogP contribution in [0, 0.1) is 5.82 Å². The molecule has 0 aromatic carbocycles. The third kappa shape index (κ3) is 2.38. The average molecular weight is 240 g/mol. The van der Waals surface area contributed by atoms with Gasteiger partial charge in [-0.05, 0) is 6.42 Å². The summed E-state index contributed by atoms with van der Waals surface area (Å²) < 4.78 is 13.6. The third-order valence-electron chi connectivity index (χ3n) is 2.73. The zero-order chi connectivity index (χ0) is 12.4. The molecule has 2 heterocycles. The van der Waals surface area contributed by atoms with E-state index >= 15 is 0 Å². The molecule has 6 nitrogen and oxygen atoms in total. The quantitative estimate of drug-likeness (QED) is 0.706. The summed E-state index contributed by atoms with van der Waals surface area (Å²) in [6.07, 6.45) is 2.05. The SMILES string of the molecule is Nc1cncc(F)c1N1CCC(NC(=O)O)C1. The lowest BCUT2D eigenvalue weighted by Crippen LogP contribution is -2.36. The number of pyridine rings is 1. The molecule has 1 aromatic heterocycles. The second-order valence-electron chi connectivity index (χ2n) is 3.94. The molecule has 1 fully saturated rings. The van der Waals surface area contributed by atoms with Gasteiger partial charge in [-0.2, -0.15) is 0 Å². The largest absolute Gasteiger partial charge is 0.465 e. The summed E-state index contributed by atoms with van der Waals surface area (Å²) in [6.45, 7) is 0.980. The van der Waals surface area contributed by atoms with Crippen molar-refractivity contribution in [3.05, 3.63) is 18.2 Å². The van der Waals surface area contributed by atoms with Crippen molar-refractivity contribution in [3.8, 4) is 0 Å². The van der Waals surface area contributed by atoms with Crippen molar-refractivity contribution in [2.45, 2.75) is 12.5 Å². The highest BCUT2D eigenvalue weighted by Gasteiger charge is 2.26. The Hall–Kier alpha value is -2.05. The molecule has 1 aliphatic rings. The Kier molecular flexibility index (Phi) is 2.99. The molecule has 1 aliphatic heterocycles. The van der Waals surface area contributed by atoms with Crippen LogP contribution in [0.3, 0.4) is 0 Å². The fourth-order valence-corrected chi connectivity index (χ4v) is 2.03. The lowest BCUT2D eigenvalue weighted by Gasteiger charge is -2.20. The summed E-state index contributed by atoms with van der Waals surface area (Å²) in [5.41, 5.74) is 6.23. The second-order valence-corrected chi connectivity index (χ2v) is 3.94. The highest BCUT2D eigenvalue weighted by atomic mass is 19.1. The van der Waals surface area contributed by atoms with Crippen LogP contribution in [0.15, 0.2) is 12.4 Å². The Labute approximate surface area is 97.2 Å². The highest BCUT2D eigenvalue weighted by molar-refractivity contribution is 5.68. The second kappa shape index (κ2) is 4.44. The van der Waals surface area contributed by atoms with Gasteiger partial charge in [0, 0.05) is 13.1 Å². The van der Waals surface area contributed by atoms with Crippen LogP contribution in [0.25, 0.3) is 0 Å². The number of nitrogens with one attached hydrogen (secondary N) is 1. The number of anilines is 2. The summed E-state index contributed by atoms with van der Waals surface area (Å²) >= 11 is 0. The van der Waals surface area contributed by atoms with E-state index < -0.39 is 11.9 Å². The van der Waals surface area contributed by atoms with E-state index in [0.29, 0.717) is 25.2 Å². The van der Waals surface area contributed by atoms with Crippen molar-refractivity contribution < 1.29 is 14.3 Å². The fraction of sp³-hybridized carbons (Fsp3) is 0.400. The maximum absolute atomic E-state index is 13.6. The molecule has 1 amide bonds. The van der Waals surface area contributed by atoms with Gasteiger partial charge in [0.1, 0.15) is 0 Å². The zero-order valence-electron chi connectivity index (χ0n) is 9.06. The molecule has 17 heavy (non-hydrogen) atoms. The monoisotopic (exact) mass is 240 g/mol. The Balaban J connectivity index is 2.12. The van der Waals surface area contributed by atoms with Crippen molar-refractivity contribution in [1.82, 2.24) is 10.3 Å². The van der Waals surface area contributed by atoms with Crippen molar-refractivity contribution in [2.24, 2.45) is 0 Å². The number of carboxylic acid groups (broad SMARTS) is 1. The highest BCUT2D eigenvalue weighted by Crippen LogP contribution is 2.28. The van der Waals surface area contributed by atoms with Crippen molar-refractivity contribution in [1.29, 1.82) is 0 Å². The number of nitrogens with two attached hydrogens (primary N) is 1. The molecule has 1 saturated heterocycles. The van der Waals surface area contributed by atoms with Gasteiger partial charge >= 0.3 is 6.09 Å². The third-order valence-corrected chi connectivity index (χ3v) is 2.73. The van der Waals surface area contributed by atoms with Crippen LogP contribution >= 0.6 is 0 Å². The van der Waals surface area contributed by atoms with Crippen LogP contribution in [-0.2, 0) is 0 Å². The number of hydrogen-bond acceptors (Lipinski definition) is 4. The minimum atomic E-state index is -1.07. The van der Waals surface area contributed by atoms with Crippen LogP contribution in [0.1, 0.15) is 6.42 Å². The van der Waals surface area contributed by atoms with Gasteiger partial charge in [-0.1, -0.05) is 0 Å². The smallest absolute Gasteiger partial charge is 0.404 e.